The maximum Gasteiger partial charge on any atom is 0.272 e. The van der Waals surface area contributed by atoms with E-state index in [0.717, 1.165) is 29.6 Å². The van der Waals surface area contributed by atoms with Crippen molar-refractivity contribution < 1.29 is 4.79 Å². The van der Waals surface area contributed by atoms with E-state index in [1.165, 1.54) is 11.3 Å². The van der Waals surface area contributed by atoms with E-state index in [4.69, 9.17) is 0 Å². The Morgan fingerprint density at radius 2 is 1.97 bits per heavy atom. The number of fused-ring (bicyclic) bond motifs is 3. The Morgan fingerprint density at radius 3 is 2.72 bits per heavy atom. The molecule has 7 nitrogen and oxygen atoms in total. The van der Waals surface area contributed by atoms with Crippen molar-refractivity contribution >= 4 is 38.9 Å². The molecule has 0 saturated heterocycles. The van der Waals surface area contributed by atoms with Crippen LogP contribution in [0.15, 0.2) is 40.5 Å². The Balaban J connectivity index is 1.61. The predicted octanol–water partition coefficient (Wildman–Crippen LogP) is 3.79. The molecule has 3 aromatic heterocycles. The van der Waals surface area contributed by atoms with Gasteiger partial charge in [0.1, 0.15) is 10.5 Å². The summed E-state index contributed by atoms with van der Waals surface area (Å²) in [7, 11) is 0. The number of unbranched alkanes of at least 4 members (excludes halogenated alkanes) is 1. The lowest BCUT2D eigenvalue weighted by Crippen LogP contribution is -2.23. The van der Waals surface area contributed by atoms with Crippen molar-refractivity contribution in [2.75, 3.05) is 5.32 Å². The molecule has 1 amide bonds. The van der Waals surface area contributed by atoms with E-state index in [-0.39, 0.29) is 17.9 Å². The molecular weight excluding hydrogens is 386 g/mol. The number of anilines is 1. The first-order valence-corrected chi connectivity index (χ1v) is 10.7. The van der Waals surface area contributed by atoms with Gasteiger partial charge in [0.25, 0.3) is 5.56 Å². The minimum absolute atomic E-state index is 0.0213. The van der Waals surface area contributed by atoms with Crippen LogP contribution in [0.3, 0.4) is 0 Å². The molecule has 0 unspecified atom stereocenters. The minimum atomic E-state index is -0.0773. The number of carbonyl (C=O) groups is 1. The Hall–Kier alpha value is -3.00. The molecule has 3 heterocycles. The van der Waals surface area contributed by atoms with Gasteiger partial charge in [-0.2, -0.15) is 0 Å². The van der Waals surface area contributed by atoms with Crippen molar-refractivity contribution in [1.82, 2.24) is 19.2 Å². The molecule has 0 radical (unpaired) electrons. The van der Waals surface area contributed by atoms with Gasteiger partial charge in [0.2, 0.25) is 11.7 Å². The van der Waals surface area contributed by atoms with Crippen LogP contribution in [-0.2, 0) is 17.8 Å². The Morgan fingerprint density at radius 1 is 1.17 bits per heavy atom. The molecule has 4 aromatic rings. The lowest BCUT2D eigenvalue weighted by Gasteiger charge is -2.09. The third-order valence-corrected chi connectivity index (χ3v) is 5.82. The van der Waals surface area contributed by atoms with Crippen LogP contribution in [-0.4, -0.2) is 25.1 Å². The monoisotopic (exact) mass is 409 g/mol. The molecule has 0 atom stereocenters. The van der Waals surface area contributed by atoms with Gasteiger partial charge >= 0.3 is 0 Å². The quantitative estimate of drug-likeness (QED) is 0.504. The standard InChI is InChI=1S/C21H23N5O2S/c1-3-4-12-25-20(28)19-16(11-13-29-19)26-17(23-24-21(25)26)9-10-18(27)22-15-7-5-14(2)6-8-15/h5-8,11,13H,3-4,9-10,12H2,1-2H3,(H,22,27). The number of hydrogen-bond donors (Lipinski definition) is 1. The van der Waals surface area contributed by atoms with E-state index in [1.807, 2.05) is 47.0 Å². The van der Waals surface area contributed by atoms with Gasteiger partial charge in [0.05, 0.1) is 5.52 Å². The van der Waals surface area contributed by atoms with Crippen LogP contribution in [0.2, 0.25) is 0 Å². The van der Waals surface area contributed by atoms with Crippen molar-refractivity contribution in [3.8, 4) is 0 Å². The number of rotatable bonds is 7. The van der Waals surface area contributed by atoms with Gasteiger partial charge < -0.3 is 5.32 Å². The van der Waals surface area contributed by atoms with E-state index in [0.29, 0.717) is 29.3 Å². The summed E-state index contributed by atoms with van der Waals surface area (Å²) in [6.07, 6.45) is 2.61. The van der Waals surface area contributed by atoms with Gasteiger partial charge in [-0.15, -0.1) is 21.5 Å². The highest BCUT2D eigenvalue weighted by molar-refractivity contribution is 7.17. The number of nitrogens with zero attached hydrogens (tertiary/aromatic N) is 4. The zero-order chi connectivity index (χ0) is 20.4. The number of aryl methyl sites for hydroxylation is 3. The average molecular weight is 410 g/mol. The lowest BCUT2D eigenvalue weighted by molar-refractivity contribution is -0.116. The van der Waals surface area contributed by atoms with Gasteiger partial charge in [-0.25, -0.2) is 0 Å². The summed E-state index contributed by atoms with van der Waals surface area (Å²) < 4.78 is 4.31. The molecule has 4 rings (SSSR count). The number of hydrogen-bond acceptors (Lipinski definition) is 5. The van der Waals surface area contributed by atoms with E-state index in [2.05, 4.69) is 22.4 Å². The van der Waals surface area contributed by atoms with Gasteiger partial charge in [0, 0.05) is 25.1 Å². The first-order valence-electron chi connectivity index (χ1n) is 9.79. The number of amides is 1. The summed E-state index contributed by atoms with van der Waals surface area (Å²) in [6.45, 7) is 4.71. The highest BCUT2D eigenvalue weighted by atomic mass is 32.1. The largest absolute Gasteiger partial charge is 0.326 e. The van der Waals surface area contributed by atoms with Crippen LogP contribution in [0.25, 0.3) is 16.0 Å². The fourth-order valence-corrected chi connectivity index (χ4v) is 4.17. The number of nitrogens with one attached hydrogen (secondary N) is 1. The van der Waals surface area contributed by atoms with Gasteiger partial charge in [-0.1, -0.05) is 31.0 Å². The van der Waals surface area contributed by atoms with Crippen LogP contribution >= 0.6 is 11.3 Å². The molecular formula is C21H23N5O2S. The average Bonchev–Trinajstić information content (AvgIpc) is 3.35. The normalized spacial score (nSPS) is 11.4. The summed E-state index contributed by atoms with van der Waals surface area (Å²) >= 11 is 1.43. The van der Waals surface area contributed by atoms with E-state index in [1.54, 1.807) is 4.57 Å². The molecule has 0 spiro atoms. The highest BCUT2D eigenvalue weighted by Crippen LogP contribution is 2.20. The smallest absolute Gasteiger partial charge is 0.272 e. The third-order valence-electron chi connectivity index (χ3n) is 4.93. The van der Waals surface area contributed by atoms with Crippen molar-refractivity contribution in [3.05, 3.63) is 57.5 Å². The molecule has 1 aromatic carbocycles. The van der Waals surface area contributed by atoms with Crippen LogP contribution in [0.1, 0.15) is 37.6 Å². The molecule has 0 aliphatic carbocycles. The Kier molecular flexibility index (Phi) is 5.44. The second-order valence-corrected chi connectivity index (χ2v) is 8.03. The fraction of sp³-hybridized carbons (Fsp3) is 0.333. The lowest BCUT2D eigenvalue weighted by atomic mass is 10.2. The van der Waals surface area contributed by atoms with E-state index >= 15 is 0 Å². The Bertz CT molecular complexity index is 1220. The maximum absolute atomic E-state index is 12.8. The summed E-state index contributed by atoms with van der Waals surface area (Å²) in [6, 6.07) is 9.62. The van der Waals surface area contributed by atoms with Crippen molar-refractivity contribution in [3.63, 3.8) is 0 Å². The Labute approximate surface area is 172 Å². The predicted molar refractivity (Wildman–Crippen MR) is 116 cm³/mol. The number of thiophene rings is 1. The first kappa shape index (κ1) is 19.3. The highest BCUT2D eigenvalue weighted by Gasteiger charge is 2.17. The van der Waals surface area contributed by atoms with Crippen molar-refractivity contribution in [2.24, 2.45) is 0 Å². The van der Waals surface area contributed by atoms with Crippen molar-refractivity contribution in [2.45, 2.75) is 46.1 Å². The molecule has 0 fully saturated rings. The summed E-state index contributed by atoms with van der Waals surface area (Å²) in [5.74, 6) is 1.16. The zero-order valence-corrected chi connectivity index (χ0v) is 17.3. The summed E-state index contributed by atoms with van der Waals surface area (Å²) in [5, 5.41) is 13.4. The van der Waals surface area contributed by atoms with Crippen LogP contribution in [0.4, 0.5) is 5.69 Å². The van der Waals surface area contributed by atoms with Crippen LogP contribution in [0, 0.1) is 6.92 Å². The van der Waals surface area contributed by atoms with Gasteiger partial charge in [-0.05, 0) is 36.9 Å². The molecule has 1 N–H and O–H groups in total. The third kappa shape index (κ3) is 3.80. The van der Waals surface area contributed by atoms with Crippen LogP contribution in [0.5, 0.6) is 0 Å². The van der Waals surface area contributed by atoms with Gasteiger partial charge in [0.15, 0.2) is 0 Å². The fourth-order valence-electron chi connectivity index (χ4n) is 3.35. The van der Waals surface area contributed by atoms with E-state index < -0.39 is 0 Å². The summed E-state index contributed by atoms with van der Waals surface area (Å²) in [4.78, 5) is 25.2. The molecule has 8 heteroatoms. The first-order chi connectivity index (χ1) is 14.1. The maximum atomic E-state index is 12.8. The zero-order valence-electron chi connectivity index (χ0n) is 16.5. The second-order valence-electron chi connectivity index (χ2n) is 7.11. The van der Waals surface area contributed by atoms with Crippen molar-refractivity contribution in [1.29, 1.82) is 0 Å². The second kappa shape index (κ2) is 8.16. The minimum Gasteiger partial charge on any atom is -0.326 e. The number of carbonyl (C=O) groups excluding carboxylic acids is 1. The van der Waals surface area contributed by atoms with Crippen LogP contribution < -0.4 is 10.9 Å². The molecule has 150 valence electrons. The molecule has 0 saturated carbocycles. The molecule has 0 bridgehead atoms. The van der Waals surface area contributed by atoms with Gasteiger partial charge in [-0.3, -0.25) is 18.6 Å². The molecule has 0 aliphatic rings. The summed E-state index contributed by atoms with van der Waals surface area (Å²) in [5.41, 5.74) is 2.71. The molecule has 0 aliphatic heterocycles. The van der Waals surface area contributed by atoms with E-state index in [9.17, 15) is 9.59 Å². The number of aromatic nitrogens is 4. The molecule has 29 heavy (non-hydrogen) atoms. The SMILES string of the molecule is CCCCn1c(=O)c2sccc2n2c(CCC(=O)Nc3ccc(C)cc3)nnc12. The topological polar surface area (TPSA) is 81.3 Å². The number of benzene rings is 1.